The van der Waals surface area contributed by atoms with Gasteiger partial charge in [-0.15, -0.1) is 11.3 Å². The summed E-state index contributed by atoms with van der Waals surface area (Å²) in [5, 5.41) is 0.765. The highest BCUT2D eigenvalue weighted by molar-refractivity contribution is 7.73. The van der Waals surface area contributed by atoms with Crippen molar-refractivity contribution in [3.05, 3.63) is 99.5 Å². The van der Waals surface area contributed by atoms with Crippen LogP contribution >= 0.6 is 35.2 Å². The lowest BCUT2D eigenvalue weighted by Crippen LogP contribution is -2.03. The molecule has 0 atom stereocenters. The van der Waals surface area contributed by atoms with Crippen LogP contribution in [-0.4, -0.2) is 4.57 Å². The molecule has 1 nitrogen and oxygen atoms in total. The van der Waals surface area contributed by atoms with Crippen LogP contribution in [0, 0.1) is 3.95 Å². The van der Waals surface area contributed by atoms with Crippen LogP contribution in [0.15, 0.2) is 84.9 Å². The van der Waals surface area contributed by atoms with Gasteiger partial charge in [0.2, 0.25) is 0 Å². The Morgan fingerprint density at radius 3 is 2.00 bits per heavy atom. The highest BCUT2D eigenvalue weighted by Gasteiger charge is 2.17. The van der Waals surface area contributed by atoms with Crippen LogP contribution in [-0.2, 0) is 6.54 Å². The molecule has 4 rings (SSSR count). The summed E-state index contributed by atoms with van der Waals surface area (Å²) in [6.07, 6.45) is 0. The van der Waals surface area contributed by atoms with Crippen molar-refractivity contribution in [2.45, 2.75) is 6.54 Å². The van der Waals surface area contributed by atoms with Crippen molar-refractivity contribution in [3.8, 4) is 21.7 Å². The average molecular weight is 394 g/mol. The molecule has 0 unspecified atom stereocenters. The van der Waals surface area contributed by atoms with Crippen molar-refractivity contribution >= 4 is 35.2 Å². The van der Waals surface area contributed by atoms with Crippen molar-refractivity contribution in [1.82, 2.24) is 4.57 Å². The van der Waals surface area contributed by atoms with E-state index >= 15 is 0 Å². The highest BCUT2D eigenvalue weighted by atomic mass is 35.5. The molecule has 3 aromatic carbocycles. The average Bonchev–Trinajstić information content (AvgIpc) is 3.01. The van der Waals surface area contributed by atoms with E-state index in [1.165, 1.54) is 10.4 Å². The number of hydrogen-bond acceptors (Lipinski definition) is 2. The fourth-order valence-electron chi connectivity index (χ4n) is 3.01. The Kier molecular flexibility index (Phi) is 5.02. The third kappa shape index (κ3) is 3.38. The SMILES string of the molecule is S=c1sc(-c2ccccc2)c(-c2ccccc2)n1Cc1ccccc1Cl. The summed E-state index contributed by atoms with van der Waals surface area (Å²) in [5.74, 6) is 0. The summed E-state index contributed by atoms with van der Waals surface area (Å²) in [7, 11) is 0. The second-order valence-corrected chi connectivity index (χ2v) is 8.01. The van der Waals surface area contributed by atoms with Crippen LogP contribution < -0.4 is 0 Å². The molecule has 4 heteroatoms. The van der Waals surface area contributed by atoms with E-state index in [4.69, 9.17) is 23.8 Å². The molecule has 0 aliphatic heterocycles. The van der Waals surface area contributed by atoms with Gasteiger partial charge in [0.25, 0.3) is 0 Å². The first-order valence-corrected chi connectivity index (χ1v) is 9.92. The van der Waals surface area contributed by atoms with Crippen LogP contribution in [0.25, 0.3) is 21.7 Å². The number of aromatic nitrogens is 1. The molecule has 128 valence electrons. The van der Waals surface area contributed by atoms with E-state index in [-0.39, 0.29) is 0 Å². The lowest BCUT2D eigenvalue weighted by molar-refractivity contribution is 0.809. The molecule has 4 aromatic rings. The second-order valence-electron chi connectivity index (χ2n) is 5.96. The maximum absolute atomic E-state index is 6.40. The lowest BCUT2D eigenvalue weighted by Gasteiger charge is -2.12. The molecule has 0 radical (unpaired) electrons. The van der Waals surface area contributed by atoms with Gasteiger partial charge in [0.15, 0.2) is 3.95 Å². The highest BCUT2D eigenvalue weighted by Crippen LogP contribution is 2.38. The fraction of sp³-hybridized carbons (Fsp3) is 0.0455. The number of thiazole rings is 1. The molecule has 1 heterocycles. The Bertz CT molecular complexity index is 1080. The summed E-state index contributed by atoms with van der Waals surface area (Å²) in [4.78, 5) is 1.19. The molecular weight excluding hydrogens is 378 g/mol. The Balaban J connectivity index is 1.93. The van der Waals surface area contributed by atoms with E-state index in [9.17, 15) is 0 Å². The van der Waals surface area contributed by atoms with Crippen molar-refractivity contribution in [1.29, 1.82) is 0 Å². The Labute approximate surface area is 167 Å². The van der Waals surface area contributed by atoms with Gasteiger partial charge in [-0.25, -0.2) is 0 Å². The molecule has 0 N–H and O–H groups in total. The molecule has 0 fully saturated rings. The third-order valence-electron chi connectivity index (χ3n) is 4.26. The Hall–Kier alpha value is -2.20. The van der Waals surface area contributed by atoms with Gasteiger partial charge in [-0.1, -0.05) is 90.5 Å². The topological polar surface area (TPSA) is 4.93 Å². The molecule has 0 aliphatic rings. The first-order chi connectivity index (χ1) is 12.7. The van der Waals surface area contributed by atoms with Crippen LogP contribution in [0.4, 0.5) is 0 Å². The first-order valence-electron chi connectivity index (χ1n) is 8.32. The smallest absolute Gasteiger partial charge is 0.162 e. The number of rotatable bonds is 4. The molecule has 0 saturated heterocycles. The minimum absolute atomic E-state index is 0.659. The van der Waals surface area contributed by atoms with Crippen LogP contribution in [0.3, 0.4) is 0 Å². The number of nitrogens with zero attached hydrogens (tertiary/aromatic N) is 1. The number of benzene rings is 3. The van der Waals surface area contributed by atoms with Gasteiger partial charge < -0.3 is 4.57 Å². The largest absolute Gasteiger partial charge is 0.318 e. The van der Waals surface area contributed by atoms with Crippen LogP contribution in [0.1, 0.15) is 5.56 Å². The summed E-state index contributed by atoms with van der Waals surface area (Å²) >= 11 is 13.8. The molecule has 0 bridgehead atoms. The molecule has 0 saturated carbocycles. The van der Waals surface area contributed by atoms with E-state index in [1.807, 2.05) is 30.3 Å². The normalized spacial score (nSPS) is 10.8. The van der Waals surface area contributed by atoms with Crippen LogP contribution in [0.5, 0.6) is 0 Å². The zero-order valence-corrected chi connectivity index (χ0v) is 16.3. The van der Waals surface area contributed by atoms with Gasteiger partial charge in [0.05, 0.1) is 17.1 Å². The van der Waals surface area contributed by atoms with E-state index in [2.05, 4.69) is 59.2 Å². The summed E-state index contributed by atoms with van der Waals surface area (Å²) in [5.41, 5.74) is 4.55. The second kappa shape index (κ2) is 7.58. The molecule has 26 heavy (non-hydrogen) atoms. The van der Waals surface area contributed by atoms with Crippen molar-refractivity contribution < 1.29 is 0 Å². The van der Waals surface area contributed by atoms with E-state index in [0.29, 0.717) is 6.54 Å². The minimum Gasteiger partial charge on any atom is -0.318 e. The zero-order chi connectivity index (χ0) is 17.9. The quantitative estimate of drug-likeness (QED) is 0.329. The minimum atomic E-state index is 0.659. The molecule has 0 aliphatic carbocycles. The molecule has 1 aromatic heterocycles. The maximum Gasteiger partial charge on any atom is 0.162 e. The van der Waals surface area contributed by atoms with Crippen molar-refractivity contribution in [2.75, 3.05) is 0 Å². The fourth-order valence-corrected chi connectivity index (χ4v) is 4.63. The van der Waals surface area contributed by atoms with Crippen LogP contribution in [0.2, 0.25) is 5.02 Å². The van der Waals surface area contributed by atoms with Gasteiger partial charge >= 0.3 is 0 Å². The summed E-state index contributed by atoms with van der Waals surface area (Å²) < 4.78 is 3.04. The van der Waals surface area contributed by atoms with Gasteiger partial charge in [-0.2, -0.15) is 0 Å². The van der Waals surface area contributed by atoms with Gasteiger partial charge in [-0.05, 0) is 35.0 Å². The lowest BCUT2D eigenvalue weighted by atomic mass is 10.1. The number of hydrogen-bond donors (Lipinski definition) is 0. The van der Waals surface area contributed by atoms with E-state index in [1.54, 1.807) is 11.3 Å². The molecular formula is C22H16ClNS2. The summed E-state index contributed by atoms with van der Waals surface area (Å²) in [6.45, 7) is 0.659. The predicted molar refractivity (Wildman–Crippen MR) is 115 cm³/mol. The van der Waals surface area contributed by atoms with Gasteiger partial charge in [-0.3, -0.25) is 0 Å². The molecule has 0 spiro atoms. The standard InChI is InChI=1S/C22H16ClNS2/c23-19-14-8-7-13-18(19)15-24-20(16-9-3-1-4-10-16)21(26-22(24)25)17-11-5-2-6-12-17/h1-14H,15H2. The van der Waals surface area contributed by atoms with Crippen molar-refractivity contribution in [2.24, 2.45) is 0 Å². The third-order valence-corrected chi connectivity index (χ3v) is 6.13. The predicted octanol–water partition coefficient (Wildman–Crippen LogP) is 7.31. The monoisotopic (exact) mass is 393 g/mol. The van der Waals surface area contributed by atoms with Gasteiger partial charge in [0, 0.05) is 5.02 Å². The zero-order valence-electron chi connectivity index (χ0n) is 13.9. The maximum atomic E-state index is 6.40. The Morgan fingerprint density at radius 1 is 0.769 bits per heavy atom. The van der Waals surface area contributed by atoms with E-state index < -0.39 is 0 Å². The van der Waals surface area contributed by atoms with Crippen molar-refractivity contribution in [3.63, 3.8) is 0 Å². The Morgan fingerprint density at radius 2 is 1.35 bits per heavy atom. The van der Waals surface area contributed by atoms with E-state index in [0.717, 1.165) is 25.8 Å². The summed E-state index contributed by atoms with van der Waals surface area (Å²) in [6, 6.07) is 28.8. The molecule has 0 amide bonds. The number of halogens is 1. The first kappa shape index (κ1) is 17.2. The van der Waals surface area contributed by atoms with Gasteiger partial charge in [0.1, 0.15) is 0 Å².